The van der Waals surface area contributed by atoms with Crippen LogP contribution in [-0.4, -0.2) is 20.8 Å². The van der Waals surface area contributed by atoms with E-state index in [0.29, 0.717) is 28.9 Å². The van der Waals surface area contributed by atoms with E-state index < -0.39 is 0 Å². The van der Waals surface area contributed by atoms with Gasteiger partial charge in [0.1, 0.15) is 12.4 Å². The molecular formula is C24H25Cl2NO3. The van der Waals surface area contributed by atoms with Crippen molar-refractivity contribution in [1.82, 2.24) is 5.32 Å². The average Bonchev–Trinajstić information content (AvgIpc) is 2.78. The number of benzene rings is 3. The summed E-state index contributed by atoms with van der Waals surface area (Å²) >= 11 is 12.1. The third kappa shape index (κ3) is 5.82. The lowest BCUT2D eigenvalue weighted by Crippen LogP contribution is -2.17. The summed E-state index contributed by atoms with van der Waals surface area (Å²) < 4.78 is 17.0. The Hall–Kier alpha value is -2.40. The molecule has 3 aromatic carbocycles. The first kappa shape index (κ1) is 22.3. The fourth-order valence-electron chi connectivity index (χ4n) is 3.17. The minimum atomic E-state index is 0.367. The van der Waals surface area contributed by atoms with Gasteiger partial charge in [-0.1, -0.05) is 59.6 Å². The molecule has 0 aromatic heterocycles. The van der Waals surface area contributed by atoms with Gasteiger partial charge in [0.05, 0.1) is 24.3 Å². The minimum Gasteiger partial charge on any atom is -0.496 e. The molecule has 3 aromatic rings. The predicted molar refractivity (Wildman–Crippen MR) is 122 cm³/mol. The van der Waals surface area contributed by atoms with E-state index in [4.69, 9.17) is 37.4 Å². The van der Waals surface area contributed by atoms with E-state index in [2.05, 4.69) is 11.4 Å². The number of para-hydroxylation sites is 2. The van der Waals surface area contributed by atoms with Gasteiger partial charge in [-0.3, -0.25) is 0 Å². The van der Waals surface area contributed by atoms with Crippen LogP contribution in [0, 0.1) is 0 Å². The highest BCUT2D eigenvalue weighted by atomic mass is 35.5. The first-order valence-corrected chi connectivity index (χ1v) is 10.4. The van der Waals surface area contributed by atoms with Crippen molar-refractivity contribution >= 4 is 23.2 Å². The van der Waals surface area contributed by atoms with Gasteiger partial charge < -0.3 is 19.5 Å². The Bertz CT molecular complexity index is 978. The van der Waals surface area contributed by atoms with Gasteiger partial charge >= 0.3 is 0 Å². The van der Waals surface area contributed by atoms with Crippen molar-refractivity contribution in [3.63, 3.8) is 0 Å². The van der Waals surface area contributed by atoms with Crippen molar-refractivity contribution in [2.75, 3.05) is 20.8 Å². The third-order valence-corrected chi connectivity index (χ3v) is 5.47. The summed E-state index contributed by atoms with van der Waals surface area (Å²) in [6.45, 7) is 1.83. The Morgan fingerprint density at radius 3 is 2.30 bits per heavy atom. The Labute approximate surface area is 187 Å². The van der Waals surface area contributed by atoms with E-state index in [1.54, 1.807) is 20.3 Å². The van der Waals surface area contributed by atoms with Crippen LogP contribution in [0.2, 0.25) is 10.0 Å². The normalized spacial score (nSPS) is 10.7. The molecule has 0 aliphatic rings. The highest BCUT2D eigenvalue weighted by Crippen LogP contribution is 2.32. The first-order valence-electron chi connectivity index (χ1n) is 9.67. The van der Waals surface area contributed by atoms with Crippen LogP contribution in [0.15, 0.2) is 60.7 Å². The second kappa shape index (κ2) is 11.1. The number of halogens is 2. The highest BCUT2D eigenvalue weighted by Gasteiger charge is 2.11. The van der Waals surface area contributed by atoms with Crippen LogP contribution in [0.25, 0.3) is 0 Å². The SMILES string of the molecule is COc1ccccc1CCNCc1cccc(OC)c1OCc1ccc(Cl)c(Cl)c1. The topological polar surface area (TPSA) is 39.7 Å². The number of rotatable bonds is 10. The second-order valence-corrected chi connectivity index (χ2v) is 7.54. The van der Waals surface area contributed by atoms with Gasteiger partial charge in [-0.15, -0.1) is 0 Å². The van der Waals surface area contributed by atoms with E-state index in [1.807, 2.05) is 48.5 Å². The molecule has 0 aliphatic heterocycles. The van der Waals surface area contributed by atoms with Gasteiger partial charge in [0.25, 0.3) is 0 Å². The van der Waals surface area contributed by atoms with Gasteiger partial charge in [-0.05, 0) is 48.4 Å². The third-order valence-electron chi connectivity index (χ3n) is 4.73. The summed E-state index contributed by atoms with van der Waals surface area (Å²) in [5.74, 6) is 2.32. The molecule has 0 spiro atoms. The van der Waals surface area contributed by atoms with Gasteiger partial charge in [0.2, 0.25) is 0 Å². The largest absolute Gasteiger partial charge is 0.496 e. The Kier molecular flexibility index (Phi) is 8.26. The fraction of sp³-hybridized carbons (Fsp3) is 0.250. The molecule has 158 valence electrons. The Morgan fingerprint density at radius 2 is 1.53 bits per heavy atom. The molecule has 0 unspecified atom stereocenters. The standard InChI is InChI=1S/C24H25Cl2NO3/c1-28-22-8-4-3-6-18(22)12-13-27-15-19-7-5-9-23(29-2)24(19)30-16-17-10-11-20(25)21(26)14-17/h3-11,14,27H,12-13,15-16H2,1-2H3. The smallest absolute Gasteiger partial charge is 0.166 e. The van der Waals surface area contributed by atoms with Crippen LogP contribution in [-0.2, 0) is 19.6 Å². The van der Waals surface area contributed by atoms with Gasteiger partial charge in [-0.2, -0.15) is 0 Å². The molecule has 0 saturated carbocycles. The second-order valence-electron chi connectivity index (χ2n) is 6.72. The van der Waals surface area contributed by atoms with Gasteiger partial charge in [-0.25, -0.2) is 0 Å². The maximum atomic E-state index is 6.11. The average molecular weight is 446 g/mol. The summed E-state index contributed by atoms with van der Waals surface area (Å²) in [5, 5.41) is 4.51. The van der Waals surface area contributed by atoms with E-state index in [0.717, 1.165) is 35.6 Å². The summed E-state index contributed by atoms with van der Waals surface area (Å²) in [6, 6.07) is 19.4. The Morgan fingerprint density at radius 1 is 0.800 bits per heavy atom. The van der Waals surface area contributed by atoms with Crippen molar-refractivity contribution in [1.29, 1.82) is 0 Å². The number of hydrogen-bond donors (Lipinski definition) is 1. The van der Waals surface area contributed by atoms with Crippen LogP contribution in [0.3, 0.4) is 0 Å². The van der Waals surface area contributed by atoms with E-state index in [-0.39, 0.29) is 0 Å². The van der Waals surface area contributed by atoms with Crippen LogP contribution in [0.5, 0.6) is 17.2 Å². The molecule has 0 bridgehead atoms. The lowest BCUT2D eigenvalue weighted by molar-refractivity contribution is 0.280. The molecule has 6 heteroatoms. The number of methoxy groups -OCH3 is 2. The summed E-state index contributed by atoms with van der Waals surface area (Å²) in [7, 11) is 3.33. The maximum Gasteiger partial charge on any atom is 0.166 e. The van der Waals surface area contributed by atoms with Crippen LogP contribution in [0.4, 0.5) is 0 Å². The molecule has 30 heavy (non-hydrogen) atoms. The lowest BCUT2D eigenvalue weighted by Gasteiger charge is -2.16. The van der Waals surface area contributed by atoms with E-state index >= 15 is 0 Å². The molecule has 3 rings (SSSR count). The molecule has 0 amide bonds. The summed E-state index contributed by atoms with van der Waals surface area (Å²) in [4.78, 5) is 0. The molecule has 0 radical (unpaired) electrons. The maximum absolute atomic E-state index is 6.11. The molecule has 1 N–H and O–H groups in total. The predicted octanol–water partition coefficient (Wildman–Crippen LogP) is 5.92. The summed E-state index contributed by atoms with van der Waals surface area (Å²) in [5.41, 5.74) is 3.13. The molecule has 0 aliphatic carbocycles. The zero-order valence-corrected chi connectivity index (χ0v) is 18.6. The summed E-state index contributed by atoms with van der Waals surface area (Å²) in [6.07, 6.45) is 0.868. The fourth-order valence-corrected chi connectivity index (χ4v) is 3.49. The van der Waals surface area contributed by atoms with Crippen molar-refractivity contribution in [3.8, 4) is 17.2 Å². The Balaban J connectivity index is 1.63. The number of ether oxygens (including phenoxy) is 3. The van der Waals surface area contributed by atoms with Crippen molar-refractivity contribution in [2.45, 2.75) is 19.6 Å². The molecule has 0 heterocycles. The van der Waals surface area contributed by atoms with Gasteiger partial charge in [0, 0.05) is 12.1 Å². The monoisotopic (exact) mass is 445 g/mol. The van der Waals surface area contributed by atoms with Crippen molar-refractivity contribution in [2.24, 2.45) is 0 Å². The molecule has 0 atom stereocenters. The number of nitrogens with one attached hydrogen (secondary N) is 1. The molecule has 4 nitrogen and oxygen atoms in total. The molecule has 0 fully saturated rings. The molecule has 0 saturated heterocycles. The quantitative estimate of drug-likeness (QED) is 0.393. The lowest BCUT2D eigenvalue weighted by atomic mass is 10.1. The highest BCUT2D eigenvalue weighted by molar-refractivity contribution is 6.42. The first-order chi connectivity index (χ1) is 14.6. The zero-order valence-electron chi connectivity index (χ0n) is 17.1. The van der Waals surface area contributed by atoms with Gasteiger partial charge in [0.15, 0.2) is 11.5 Å². The zero-order chi connectivity index (χ0) is 21.3. The van der Waals surface area contributed by atoms with Crippen molar-refractivity contribution in [3.05, 3.63) is 87.4 Å². The number of hydrogen-bond acceptors (Lipinski definition) is 4. The van der Waals surface area contributed by atoms with Crippen LogP contribution < -0.4 is 19.5 Å². The van der Waals surface area contributed by atoms with Crippen LogP contribution in [0.1, 0.15) is 16.7 Å². The van der Waals surface area contributed by atoms with E-state index in [9.17, 15) is 0 Å². The molecular weight excluding hydrogens is 421 g/mol. The minimum absolute atomic E-state index is 0.367. The van der Waals surface area contributed by atoms with Crippen LogP contribution >= 0.6 is 23.2 Å². The van der Waals surface area contributed by atoms with Crippen molar-refractivity contribution < 1.29 is 14.2 Å². The van der Waals surface area contributed by atoms with E-state index in [1.165, 1.54) is 5.56 Å².